The molecule has 17 heavy (non-hydrogen) atoms. The van der Waals surface area contributed by atoms with Crippen LogP contribution in [0.3, 0.4) is 0 Å². The van der Waals surface area contributed by atoms with Crippen molar-refractivity contribution in [1.82, 2.24) is 15.1 Å². The predicted molar refractivity (Wildman–Crippen MR) is 58.4 cm³/mol. The third-order valence-corrected chi connectivity index (χ3v) is 2.17. The zero-order valence-corrected chi connectivity index (χ0v) is 9.67. The molecule has 7 nitrogen and oxygen atoms in total. The van der Waals surface area contributed by atoms with Gasteiger partial charge in [0.05, 0.1) is 12.2 Å². The molecule has 1 aromatic heterocycles. The topological polar surface area (TPSA) is 104 Å². The summed E-state index contributed by atoms with van der Waals surface area (Å²) in [5.74, 6) is -1.76. The number of aliphatic hydroxyl groups is 1. The summed E-state index contributed by atoms with van der Waals surface area (Å²) in [6, 6.07) is 1.83. The molecule has 1 heterocycles. The largest absolute Gasteiger partial charge is 0.479 e. The van der Waals surface area contributed by atoms with Crippen LogP contribution in [0.1, 0.15) is 11.4 Å². The molecule has 0 aromatic carbocycles. The Morgan fingerprint density at radius 2 is 2.18 bits per heavy atom. The number of aromatic nitrogens is 2. The lowest BCUT2D eigenvalue weighted by molar-refractivity contribution is -0.146. The summed E-state index contributed by atoms with van der Waals surface area (Å²) in [5.41, 5.74) is 1.65. The maximum Gasteiger partial charge on any atom is 0.334 e. The summed E-state index contributed by atoms with van der Waals surface area (Å²) in [6.45, 7) is 3.33. The van der Waals surface area contributed by atoms with E-state index in [0.717, 1.165) is 11.4 Å². The molecule has 0 radical (unpaired) electrons. The van der Waals surface area contributed by atoms with E-state index in [0.29, 0.717) is 0 Å². The molecule has 0 saturated carbocycles. The lowest BCUT2D eigenvalue weighted by Gasteiger charge is -2.08. The zero-order valence-electron chi connectivity index (χ0n) is 9.67. The van der Waals surface area contributed by atoms with Gasteiger partial charge in [0.2, 0.25) is 5.91 Å². The van der Waals surface area contributed by atoms with Crippen LogP contribution in [0.25, 0.3) is 0 Å². The molecular formula is C10H15N3O4. The fourth-order valence-electron chi connectivity index (χ4n) is 1.32. The molecule has 0 aliphatic rings. The van der Waals surface area contributed by atoms with Crippen molar-refractivity contribution in [1.29, 1.82) is 0 Å². The van der Waals surface area contributed by atoms with Gasteiger partial charge in [0.1, 0.15) is 6.54 Å². The molecule has 1 amide bonds. The average molecular weight is 241 g/mol. The second-order valence-corrected chi connectivity index (χ2v) is 3.74. The summed E-state index contributed by atoms with van der Waals surface area (Å²) in [6.07, 6.45) is -1.58. The quantitative estimate of drug-likeness (QED) is 0.617. The minimum Gasteiger partial charge on any atom is -0.479 e. The van der Waals surface area contributed by atoms with Crippen molar-refractivity contribution in [2.75, 3.05) is 6.54 Å². The van der Waals surface area contributed by atoms with Crippen LogP contribution >= 0.6 is 0 Å². The van der Waals surface area contributed by atoms with Gasteiger partial charge in [-0.1, -0.05) is 0 Å². The number of aryl methyl sites for hydroxylation is 2. The number of nitrogens with zero attached hydrogens (tertiary/aromatic N) is 2. The van der Waals surface area contributed by atoms with Crippen LogP contribution in [0.5, 0.6) is 0 Å². The Labute approximate surface area is 98.1 Å². The van der Waals surface area contributed by atoms with E-state index in [-0.39, 0.29) is 13.1 Å². The van der Waals surface area contributed by atoms with E-state index in [9.17, 15) is 9.59 Å². The van der Waals surface area contributed by atoms with Crippen molar-refractivity contribution in [3.8, 4) is 0 Å². The first-order valence-electron chi connectivity index (χ1n) is 5.08. The molecule has 0 aliphatic carbocycles. The highest BCUT2D eigenvalue weighted by atomic mass is 16.4. The molecule has 1 atom stereocenters. The van der Waals surface area contributed by atoms with Gasteiger partial charge in [0.25, 0.3) is 0 Å². The molecular weight excluding hydrogens is 226 g/mol. The monoisotopic (exact) mass is 241 g/mol. The van der Waals surface area contributed by atoms with Gasteiger partial charge in [-0.2, -0.15) is 5.10 Å². The molecule has 0 fully saturated rings. The number of hydrogen-bond donors (Lipinski definition) is 3. The van der Waals surface area contributed by atoms with E-state index < -0.39 is 18.0 Å². The van der Waals surface area contributed by atoms with Crippen LogP contribution in [-0.4, -0.2) is 44.5 Å². The van der Waals surface area contributed by atoms with Crippen LogP contribution < -0.4 is 5.32 Å². The molecule has 1 aromatic rings. The van der Waals surface area contributed by atoms with Gasteiger partial charge in [-0.25, -0.2) is 4.79 Å². The summed E-state index contributed by atoms with van der Waals surface area (Å²) in [7, 11) is 0. The highest BCUT2D eigenvalue weighted by Crippen LogP contribution is 2.00. The molecule has 3 N–H and O–H groups in total. The number of aliphatic carboxylic acids is 1. The SMILES string of the molecule is Cc1cc(C)n(CC(=O)NC[C@H](O)C(=O)O)n1. The molecule has 0 unspecified atom stereocenters. The Hall–Kier alpha value is -1.89. The van der Waals surface area contributed by atoms with E-state index in [1.54, 1.807) is 0 Å². The number of amides is 1. The van der Waals surface area contributed by atoms with Crippen molar-refractivity contribution >= 4 is 11.9 Å². The molecule has 0 bridgehead atoms. The van der Waals surface area contributed by atoms with Crippen molar-refractivity contribution in [2.24, 2.45) is 0 Å². The molecule has 0 spiro atoms. The molecule has 1 rings (SSSR count). The minimum absolute atomic E-state index is 0.00596. The van der Waals surface area contributed by atoms with E-state index in [1.165, 1.54) is 4.68 Å². The summed E-state index contributed by atoms with van der Waals surface area (Å²) < 4.78 is 1.51. The van der Waals surface area contributed by atoms with Crippen molar-refractivity contribution in [3.63, 3.8) is 0 Å². The second-order valence-electron chi connectivity index (χ2n) is 3.74. The number of aliphatic hydroxyl groups excluding tert-OH is 1. The van der Waals surface area contributed by atoms with Gasteiger partial charge in [-0.15, -0.1) is 0 Å². The van der Waals surface area contributed by atoms with Crippen molar-refractivity contribution < 1.29 is 19.8 Å². The van der Waals surface area contributed by atoms with Gasteiger partial charge in [0.15, 0.2) is 6.10 Å². The highest BCUT2D eigenvalue weighted by Gasteiger charge is 2.14. The number of nitrogens with one attached hydrogen (secondary N) is 1. The maximum atomic E-state index is 11.4. The number of hydrogen-bond acceptors (Lipinski definition) is 4. The Kier molecular flexibility index (Phi) is 4.22. The number of carboxylic acid groups (broad SMARTS) is 1. The average Bonchev–Trinajstić information content (AvgIpc) is 2.53. The Balaban J connectivity index is 2.45. The van der Waals surface area contributed by atoms with Gasteiger partial charge < -0.3 is 15.5 Å². The number of rotatable bonds is 5. The zero-order chi connectivity index (χ0) is 13.0. The van der Waals surface area contributed by atoms with Crippen LogP contribution in [-0.2, 0) is 16.1 Å². The number of carboxylic acids is 1. The van der Waals surface area contributed by atoms with Crippen LogP contribution in [0.2, 0.25) is 0 Å². The minimum atomic E-state index is -1.58. The van der Waals surface area contributed by atoms with Gasteiger partial charge in [0, 0.05) is 5.69 Å². The second kappa shape index (κ2) is 5.44. The van der Waals surface area contributed by atoms with Crippen molar-refractivity contribution in [2.45, 2.75) is 26.5 Å². The standard InChI is InChI=1S/C10H15N3O4/c1-6-3-7(2)13(12-6)5-9(15)11-4-8(14)10(16)17/h3,8,14H,4-5H2,1-2H3,(H,11,15)(H,16,17)/t8-/m0/s1. The Morgan fingerprint density at radius 3 is 2.65 bits per heavy atom. The van der Waals surface area contributed by atoms with Gasteiger partial charge >= 0.3 is 5.97 Å². The van der Waals surface area contributed by atoms with E-state index in [1.807, 2.05) is 19.9 Å². The molecule has 7 heteroatoms. The van der Waals surface area contributed by atoms with Gasteiger partial charge in [-0.05, 0) is 19.9 Å². The number of carbonyl (C=O) groups is 2. The highest BCUT2D eigenvalue weighted by molar-refractivity contribution is 5.77. The molecule has 0 saturated heterocycles. The van der Waals surface area contributed by atoms with Crippen LogP contribution in [0, 0.1) is 13.8 Å². The normalized spacial score (nSPS) is 12.2. The molecule has 94 valence electrons. The fourth-order valence-corrected chi connectivity index (χ4v) is 1.32. The third-order valence-electron chi connectivity index (χ3n) is 2.17. The van der Waals surface area contributed by atoms with Gasteiger partial charge in [-0.3, -0.25) is 9.48 Å². The van der Waals surface area contributed by atoms with Crippen LogP contribution in [0.4, 0.5) is 0 Å². The van der Waals surface area contributed by atoms with E-state index in [4.69, 9.17) is 10.2 Å². The first-order chi connectivity index (χ1) is 7.90. The third kappa shape index (κ3) is 3.87. The van der Waals surface area contributed by atoms with E-state index in [2.05, 4.69) is 10.4 Å². The first-order valence-corrected chi connectivity index (χ1v) is 5.08. The summed E-state index contributed by atoms with van der Waals surface area (Å²) in [4.78, 5) is 21.7. The van der Waals surface area contributed by atoms with Crippen LogP contribution in [0.15, 0.2) is 6.07 Å². The van der Waals surface area contributed by atoms with Crippen molar-refractivity contribution in [3.05, 3.63) is 17.5 Å². The Morgan fingerprint density at radius 1 is 1.53 bits per heavy atom. The predicted octanol–water partition coefficient (Wildman–Crippen LogP) is -0.938. The Bertz CT molecular complexity index is 427. The first kappa shape index (κ1) is 13.2. The summed E-state index contributed by atoms with van der Waals surface area (Å²) >= 11 is 0. The lowest BCUT2D eigenvalue weighted by atomic mass is 10.3. The maximum absolute atomic E-state index is 11.4. The lowest BCUT2D eigenvalue weighted by Crippen LogP contribution is -2.38. The fraction of sp³-hybridized carbons (Fsp3) is 0.500. The van der Waals surface area contributed by atoms with E-state index >= 15 is 0 Å². The smallest absolute Gasteiger partial charge is 0.334 e. The molecule has 0 aliphatic heterocycles. The number of carbonyl (C=O) groups excluding carboxylic acids is 1. The summed E-state index contributed by atoms with van der Waals surface area (Å²) in [5, 5.41) is 23.8.